The van der Waals surface area contributed by atoms with Gasteiger partial charge in [-0.3, -0.25) is 0 Å². The van der Waals surface area contributed by atoms with Gasteiger partial charge < -0.3 is 10.1 Å². The minimum Gasteiger partial charge on any atom is -0.377 e. The first kappa shape index (κ1) is 15.7. The summed E-state index contributed by atoms with van der Waals surface area (Å²) in [6.07, 6.45) is 4.73. The summed E-state index contributed by atoms with van der Waals surface area (Å²) in [5.74, 6) is 0. The summed E-state index contributed by atoms with van der Waals surface area (Å²) in [5.41, 5.74) is 1.31. The molecule has 0 aliphatic heterocycles. The smallest absolute Gasteiger partial charge is 0.0730 e. The van der Waals surface area contributed by atoms with Crippen molar-refractivity contribution in [2.75, 3.05) is 13.2 Å². The largest absolute Gasteiger partial charge is 0.377 e. The van der Waals surface area contributed by atoms with Gasteiger partial charge in [-0.1, -0.05) is 39.3 Å². The number of hydrogen-bond acceptors (Lipinski definition) is 2. The van der Waals surface area contributed by atoms with E-state index in [9.17, 15) is 0 Å². The van der Waals surface area contributed by atoms with Crippen molar-refractivity contribution in [2.45, 2.75) is 65.5 Å². The van der Waals surface area contributed by atoms with E-state index in [4.69, 9.17) is 4.74 Å². The van der Waals surface area contributed by atoms with Crippen LogP contribution in [0.2, 0.25) is 0 Å². The Labute approximate surface area is 101 Å². The Balaban J connectivity index is 4.35. The molecule has 2 heteroatoms. The highest BCUT2D eigenvalue weighted by Crippen LogP contribution is 2.16. The van der Waals surface area contributed by atoms with Crippen LogP contribution >= 0.6 is 0 Å². The Hall–Kier alpha value is -0.340. The third kappa shape index (κ3) is 6.29. The molecule has 96 valence electrons. The van der Waals surface area contributed by atoms with E-state index in [1.807, 2.05) is 0 Å². The maximum atomic E-state index is 5.84. The fourth-order valence-corrected chi connectivity index (χ4v) is 1.95. The molecule has 0 radical (unpaired) electrons. The lowest BCUT2D eigenvalue weighted by Crippen LogP contribution is -2.41. The molecule has 0 heterocycles. The molecule has 0 saturated heterocycles. The lowest BCUT2D eigenvalue weighted by atomic mass is 9.97. The lowest BCUT2D eigenvalue weighted by molar-refractivity contribution is 0.0284. The second-order valence-electron chi connectivity index (χ2n) is 4.25. The Morgan fingerprint density at radius 3 is 2.38 bits per heavy atom. The van der Waals surface area contributed by atoms with Crippen molar-refractivity contribution in [3.63, 3.8) is 0 Å². The molecule has 0 aromatic rings. The Morgan fingerprint density at radius 1 is 1.25 bits per heavy atom. The molecule has 16 heavy (non-hydrogen) atoms. The molecule has 0 aliphatic rings. The SMILES string of the molecule is C=C(CC)CC(NCC)C(CCC)OCC. The molecule has 1 N–H and O–H groups in total. The number of likely N-dealkylation sites (N-methyl/N-ethyl adjacent to an activating group) is 1. The molecule has 0 saturated carbocycles. The van der Waals surface area contributed by atoms with Crippen LogP contribution in [-0.4, -0.2) is 25.3 Å². The fraction of sp³-hybridized carbons (Fsp3) is 0.857. The van der Waals surface area contributed by atoms with Gasteiger partial charge in [0.15, 0.2) is 0 Å². The molecular weight excluding hydrogens is 198 g/mol. The zero-order valence-electron chi connectivity index (χ0n) is 11.5. The second-order valence-corrected chi connectivity index (χ2v) is 4.25. The average Bonchev–Trinajstić information content (AvgIpc) is 2.28. The van der Waals surface area contributed by atoms with E-state index in [0.717, 1.165) is 32.4 Å². The normalized spacial score (nSPS) is 14.8. The van der Waals surface area contributed by atoms with Crippen LogP contribution < -0.4 is 5.32 Å². The Kier molecular flexibility index (Phi) is 9.65. The van der Waals surface area contributed by atoms with Crippen molar-refractivity contribution in [3.8, 4) is 0 Å². The maximum Gasteiger partial charge on any atom is 0.0730 e. The zero-order valence-corrected chi connectivity index (χ0v) is 11.5. The molecule has 0 aromatic heterocycles. The summed E-state index contributed by atoms with van der Waals surface area (Å²) < 4.78 is 5.84. The summed E-state index contributed by atoms with van der Waals surface area (Å²) in [6, 6.07) is 0.428. The van der Waals surface area contributed by atoms with Gasteiger partial charge in [0.05, 0.1) is 6.10 Å². The first-order chi connectivity index (χ1) is 7.69. The third-order valence-electron chi connectivity index (χ3n) is 2.88. The highest BCUT2D eigenvalue weighted by molar-refractivity contribution is 4.98. The second kappa shape index (κ2) is 9.86. The summed E-state index contributed by atoms with van der Waals surface area (Å²) in [6.45, 7) is 14.5. The summed E-state index contributed by atoms with van der Waals surface area (Å²) in [4.78, 5) is 0. The molecule has 2 nitrogen and oxygen atoms in total. The number of hydrogen-bond donors (Lipinski definition) is 1. The first-order valence-electron chi connectivity index (χ1n) is 6.71. The van der Waals surface area contributed by atoms with Gasteiger partial charge in [-0.25, -0.2) is 0 Å². The predicted molar refractivity (Wildman–Crippen MR) is 71.8 cm³/mol. The molecule has 0 spiro atoms. The van der Waals surface area contributed by atoms with Crippen LogP contribution in [-0.2, 0) is 4.74 Å². The third-order valence-corrected chi connectivity index (χ3v) is 2.88. The van der Waals surface area contributed by atoms with Gasteiger partial charge in [-0.2, -0.15) is 0 Å². The van der Waals surface area contributed by atoms with E-state index in [-0.39, 0.29) is 0 Å². The van der Waals surface area contributed by atoms with Gasteiger partial charge in [-0.05, 0) is 32.7 Å². The zero-order chi connectivity index (χ0) is 12.4. The van der Waals surface area contributed by atoms with E-state index >= 15 is 0 Å². The Bertz CT molecular complexity index is 174. The molecular formula is C14H29NO. The first-order valence-corrected chi connectivity index (χ1v) is 6.71. The van der Waals surface area contributed by atoms with Crippen LogP contribution in [0.3, 0.4) is 0 Å². The highest BCUT2D eigenvalue weighted by Gasteiger charge is 2.20. The number of ether oxygens (including phenoxy) is 1. The monoisotopic (exact) mass is 227 g/mol. The van der Waals surface area contributed by atoms with E-state index in [1.54, 1.807) is 0 Å². The Morgan fingerprint density at radius 2 is 1.94 bits per heavy atom. The van der Waals surface area contributed by atoms with Crippen LogP contribution in [0.5, 0.6) is 0 Å². The summed E-state index contributed by atoms with van der Waals surface area (Å²) in [5, 5.41) is 3.53. The molecule has 0 amide bonds. The van der Waals surface area contributed by atoms with Crippen molar-refractivity contribution in [3.05, 3.63) is 12.2 Å². The average molecular weight is 227 g/mol. The van der Waals surface area contributed by atoms with Crippen LogP contribution in [0.4, 0.5) is 0 Å². The predicted octanol–water partition coefficient (Wildman–Crippen LogP) is 3.53. The van der Waals surface area contributed by atoms with Crippen molar-refractivity contribution in [2.24, 2.45) is 0 Å². The minimum absolute atomic E-state index is 0.332. The molecule has 0 rings (SSSR count). The molecule has 2 atom stereocenters. The molecule has 0 aromatic carbocycles. The van der Waals surface area contributed by atoms with Crippen molar-refractivity contribution >= 4 is 0 Å². The summed E-state index contributed by atoms with van der Waals surface area (Å²) >= 11 is 0. The quantitative estimate of drug-likeness (QED) is 0.577. The topological polar surface area (TPSA) is 21.3 Å². The molecule has 0 fully saturated rings. The van der Waals surface area contributed by atoms with Crippen LogP contribution in [0, 0.1) is 0 Å². The lowest BCUT2D eigenvalue weighted by Gasteiger charge is -2.28. The van der Waals surface area contributed by atoms with Crippen molar-refractivity contribution in [1.82, 2.24) is 5.32 Å². The van der Waals surface area contributed by atoms with Crippen LogP contribution in [0.1, 0.15) is 53.4 Å². The van der Waals surface area contributed by atoms with E-state index in [1.165, 1.54) is 12.0 Å². The highest BCUT2D eigenvalue weighted by atomic mass is 16.5. The van der Waals surface area contributed by atoms with Gasteiger partial charge in [0, 0.05) is 12.6 Å². The summed E-state index contributed by atoms with van der Waals surface area (Å²) in [7, 11) is 0. The van der Waals surface area contributed by atoms with Gasteiger partial charge in [0.1, 0.15) is 0 Å². The van der Waals surface area contributed by atoms with E-state index in [2.05, 4.69) is 39.6 Å². The van der Waals surface area contributed by atoms with Gasteiger partial charge in [0.25, 0.3) is 0 Å². The van der Waals surface area contributed by atoms with Gasteiger partial charge in [0.2, 0.25) is 0 Å². The fourth-order valence-electron chi connectivity index (χ4n) is 1.95. The van der Waals surface area contributed by atoms with Gasteiger partial charge >= 0.3 is 0 Å². The van der Waals surface area contributed by atoms with Gasteiger partial charge in [-0.15, -0.1) is 0 Å². The number of rotatable bonds is 10. The molecule has 0 bridgehead atoms. The van der Waals surface area contributed by atoms with E-state index < -0.39 is 0 Å². The van der Waals surface area contributed by atoms with Crippen LogP contribution in [0.15, 0.2) is 12.2 Å². The molecule has 0 aliphatic carbocycles. The standard InChI is InChI=1S/C14H29NO/c1-6-10-14(16-9-4)13(15-8-3)11-12(5)7-2/h13-15H,5-11H2,1-4H3. The molecule has 2 unspecified atom stereocenters. The van der Waals surface area contributed by atoms with Crippen molar-refractivity contribution in [1.29, 1.82) is 0 Å². The van der Waals surface area contributed by atoms with Crippen LogP contribution in [0.25, 0.3) is 0 Å². The van der Waals surface area contributed by atoms with E-state index in [0.29, 0.717) is 12.1 Å². The number of nitrogens with one attached hydrogen (secondary N) is 1. The van der Waals surface area contributed by atoms with Crippen molar-refractivity contribution < 1.29 is 4.74 Å². The maximum absolute atomic E-state index is 5.84. The minimum atomic E-state index is 0.332.